The maximum absolute atomic E-state index is 12.9. The van der Waals surface area contributed by atoms with E-state index in [-0.39, 0.29) is 11.2 Å². The quantitative estimate of drug-likeness (QED) is 0.769. The number of hydrogen-bond acceptors (Lipinski definition) is 6. The van der Waals surface area contributed by atoms with Gasteiger partial charge in [0, 0.05) is 30.8 Å². The predicted octanol–water partition coefficient (Wildman–Crippen LogP) is 3.26. The van der Waals surface area contributed by atoms with Crippen molar-refractivity contribution in [1.29, 1.82) is 0 Å². The molecule has 3 amide bonds. The van der Waals surface area contributed by atoms with Gasteiger partial charge < -0.3 is 9.64 Å². The fourth-order valence-corrected chi connectivity index (χ4v) is 3.20. The third kappa shape index (κ3) is 4.70. The molecule has 3 rings (SSSR count). The highest BCUT2D eigenvalue weighted by molar-refractivity contribution is 7.84. The van der Waals surface area contributed by atoms with E-state index in [9.17, 15) is 13.8 Å². The molecule has 1 aliphatic rings. The van der Waals surface area contributed by atoms with Crippen LogP contribution in [0.2, 0.25) is 0 Å². The van der Waals surface area contributed by atoms with Gasteiger partial charge in [0.05, 0.1) is 23.0 Å². The normalized spacial score (nSPS) is 15.0. The Morgan fingerprint density at radius 1 is 1.31 bits per heavy atom. The first-order valence-corrected chi connectivity index (χ1v) is 10.5. The van der Waals surface area contributed by atoms with Crippen LogP contribution in [0.25, 0.3) is 0 Å². The average Bonchev–Trinajstić information content (AvgIpc) is 2.61. The number of carbonyl (C=O) groups is 2. The molecule has 1 aromatic heterocycles. The van der Waals surface area contributed by atoms with Crippen LogP contribution in [-0.4, -0.2) is 50.1 Å². The molecule has 0 radical (unpaired) electrons. The Hall–Kier alpha value is -3.01. The summed E-state index contributed by atoms with van der Waals surface area (Å²) < 4.78 is 17.1. The maximum atomic E-state index is 12.9. The molecule has 154 valence electrons. The second-order valence-corrected chi connectivity index (χ2v) is 8.88. The van der Waals surface area contributed by atoms with E-state index in [1.165, 1.54) is 16.1 Å². The Morgan fingerprint density at radius 3 is 2.69 bits per heavy atom. The number of nitrogens with one attached hydrogen (secondary N) is 1. The van der Waals surface area contributed by atoms with Crippen molar-refractivity contribution in [3.8, 4) is 0 Å². The zero-order valence-electron chi connectivity index (χ0n) is 16.9. The Kier molecular flexibility index (Phi) is 5.56. The van der Waals surface area contributed by atoms with Crippen molar-refractivity contribution in [2.75, 3.05) is 23.5 Å². The second-order valence-electron chi connectivity index (χ2n) is 7.61. The first-order chi connectivity index (χ1) is 13.5. The summed E-state index contributed by atoms with van der Waals surface area (Å²) in [6.07, 6.45) is 2.47. The zero-order chi connectivity index (χ0) is 21.3. The molecule has 9 nitrogen and oxygen atoms in total. The van der Waals surface area contributed by atoms with Crippen molar-refractivity contribution < 1.29 is 18.5 Å². The van der Waals surface area contributed by atoms with Crippen molar-refractivity contribution >= 4 is 40.1 Å². The fraction of sp³-hybridized carbons (Fsp3) is 0.368. The molecule has 29 heavy (non-hydrogen) atoms. The zero-order valence-corrected chi connectivity index (χ0v) is 17.7. The van der Waals surface area contributed by atoms with Gasteiger partial charge in [0.15, 0.2) is 5.82 Å². The third-order valence-corrected chi connectivity index (χ3v) is 4.67. The number of rotatable bonds is 3. The highest BCUT2D eigenvalue weighted by Crippen LogP contribution is 2.34. The minimum Gasteiger partial charge on any atom is -0.444 e. The van der Waals surface area contributed by atoms with E-state index in [1.807, 2.05) is 0 Å². The molecule has 2 heterocycles. The lowest BCUT2D eigenvalue weighted by atomic mass is 10.2. The van der Waals surface area contributed by atoms with E-state index in [2.05, 4.69) is 15.3 Å². The molecule has 0 aliphatic carbocycles. The van der Waals surface area contributed by atoms with E-state index >= 15 is 0 Å². The second kappa shape index (κ2) is 7.78. The van der Waals surface area contributed by atoms with Crippen LogP contribution in [0.4, 0.5) is 26.8 Å². The van der Waals surface area contributed by atoms with Gasteiger partial charge in [-0.05, 0) is 39.0 Å². The summed E-state index contributed by atoms with van der Waals surface area (Å²) in [4.78, 5) is 36.4. The molecule has 0 saturated carbocycles. The van der Waals surface area contributed by atoms with Gasteiger partial charge in [-0.25, -0.2) is 24.5 Å². The number of hydrogen-bond donors (Lipinski definition) is 1. The van der Waals surface area contributed by atoms with Crippen LogP contribution in [0.3, 0.4) is 0 Å². The highest BCUT2D eigenvalue weighted by atomic mass is 32.2. The number of nitrogens with zero attached hydrogens (tertiary/aromatic N) is 4. The molecule has 0 spiro atoms. The molecule has 1 atom stereocenters. The molecule has 1 aromatic carbocycles. The Balaban J connectivity index is 1.98. The smallest absolute Gasteiger partial charge is 0.412 e. The molecule has 0 bridgehead atoms. The molecular formula is C19H23N5O4S. The van der Waals surface area contributed by atoms with E-state index in [0.29, 0.717) is 23.7 Å². The van der Waals surface area contributed by atoms with E-state index in [4.69, 9.17) is 4.74 Å². The van der Waals surface area contributed by atoms with Gasteiger partial charge in [-0.15, -0.1) is 0 Å². The van der Waals surface area contributed by atoms with E-state index in [1.54, 1.807) is 58.3 Å². The van der Waals surface area contributed by atoms with Crippen LogP contribution in [0.1, 0.15) is 26.3 Å². The van der Waals surface area contributed by atoms with Crippen LogP contribution < -0.4 is 10.2 Å². The summed E-state index contributed by atoms with van der Waals surface area (Å²) in [5.41, 5.74) is 1.07. The van der Waals surface area contributed by atoms with Crippen molar-refractivity contribution in [3.05, 3.63) is 36.0 Å². The van der Waals surface area contributed by atoms with Crippen LogP contribution in [0.5, 0.6) is 0 Å². The number of fused-ring (bicyclic) bond motifs is 1. The summed E-state index contributed by atoms with van der Waals surface area (Å²) in [5, 5.41) is 2.81. The number of amides is 3. The van der Waals surface area contributed by atoms with Crippen molar-refractivity contribution in [2.45, 2.75) is 38.1 Å². The third-order valence-electron chi connectivity index (χ3n) is 3.96. The van der Waals surface area contributed by atoms with Gasteiger partial charge in [-0.1, -0.05) is 6.07 Å². The van der Waals surface area contributed by atoms with Gasteiger partial charge in [-0.2, -0.15) is 0 Å². The van der Waals surface area contributed by atoms with Gasteiger partial charge in [0.2, 0.25) is 5.16 Å². The Morgan fingerprint density at radius 2 is 2.03 bits per heavy atom. The number of ether oxygens (including phenoxy) is 1. The largest absolute Gasteiger partial charge is 0.444 e. The summed E-state index contributed by atoms with van der Waals surface area (Å²) in [5.74, 6) is 0.378. The molecule has 0 saturated heterocycles. The lowest BCUT2D eigenvalue weighted by molar-refractivity contribution is 0.0636. The minimum absolute atomic E-state index is 0.147. The van der Waals surface area contributed by atoms with Crippen LogP contribution in [0, 0.1) is 0 Å². The van der Waals surface area contributed by atoms with Gasteiger partial charge in [0.1, 0.15) is 5.60 Å². The van der Waals surface area contributed by atoms with Crippen LogP contribution >= 0.6 is 0 Å². The molecule has 1 aliphatic heterocycles. The summed E-state index contributed by atoms with van der Waals surface area (Å²) in [6.45, 7) is 5.67. The fourth-order valence-electron chi connectivity index (χ4n) is 2.79. The number of carbonyl (C=O) groups excluding carboxylic acids is 2. The standard InChI is InChI=1S/C19H23N5O4S/c1-19(2,3)28-17(25)21-13-7-6-8-14(9-13)24-15-12(11-23(4)18(24)26)10-20-16(22-15)29(5)27/h6-10H,11H2,1-5H3,(H,21,25). The van der Waals surface area contributed by atoms with Gasteiger partial charge >= 0.3 is 12.1 Å². The molecule has 1 unspecified atom stereocenters. The maximum Gasteiger partial charge on any atom is 0.412 e. The number of aromatic nitrogens is 2. The Bertz CT molecular complexity index is 989. The van der Waals surface area contributed by atoms with Crippen molar-refractivity contribution in [3.63, 3.8) is 0 Å². The first-order valence-electron chi connectivity index (χ1n) is 8.90. The number of urea groups is 1. The molecule has 10 heteroatoms. The Labute approximate surface area is 171 Å². The monoisotopic (exact) mass is 417 g/mol. The number of anilines is 3. The lowest BCUT2D eigenvalue weighted by Gasteiger charge is -2.34. The lowest BCUT2D eigenvalue weighted by Crippen LogP contribution is -2.43. The molecular weight excluding hydrogens is 394 g/mol. The van der Waals surface area contributed by atoms with Crippen LogP contribution in [-0.2, 0) is 22.1 Å². The van der Waals surface area contributed by atoms with Crippen molar-refractivity contribution in [2.24, 2.45) is 0 Å². The van der Waals surface area contributed by atoms with Crippen molar-refractivity contribution in [1.82, 2.24) is 14.9 Å². The predicted molar refractivity (Wildman–Crippen MR) is 110 cm³/mol. The average molecular weight is 417 g/mol. The van der Waals surface area contributed by atoms with E-state index < -0.39 is 22.5 Å². The van der Waals surface area contributed by atoms with Gasteiger partial charge in [-0.3, -0.25) is 9.53 Å². The molecule has 1 N–H and O–H groups in total. The van der Waals surface area contributed by atoms with Crippen LogP contribution in [0.15, 0.2) is 35.6 Å². The molecule has 0 fully saturated rings. The molecule has 2 aromatic rings. The summed E-state index contributed by atoms with van der Waals surface area (Å²) in [6, 6.07) is 6.49. The summed E-state index contributed by atoms with van der Waals surface area (Å²) >= 11 is 0. The summed E-state index contributed by atoms with van der Waals surface area (Å²) in [7, 11) is 0.286. The van der Waals surface area contributed by atoms with E-state index in [0.717, 1.165) is 5.56 Å². The number of benzene rings is 1. The minimum atomic E-state index is -1.39. The highest BCUT2D eigenvalue weighted by Gasteiger charge is 2.32. The topological polar surface area (TPSA) is 105 Å². The van der Waals surface area contributed by atoms with Gasteiger partial charge in [0.25, 0.3) is 0 Å². The first kappa shape index (κ1) is 20.7. The SMILES string of the molecule is CN1Cc2cnc(S(C)=O)nc2N(c2cccc(NC(=O)OC(C)(C)C)c2)C1=O.